The fourth-order valence-electron chi connectivity index (χ4n) is 12.2. The van der Waals surface area contributed by atoms with Crippen LogP contribution in [0.4, 0.5) is 0 Å². The lowest BCUT2D eigenvalue weighted by Crippen LogP contribution is -2.03. The fourth-order valence-corrected chi connectivity index (χ4v) is 12.2. The van der Waals surface area contributed by atoms with E-state index in [2.05, 4.69) is 240 Å². The molecule has 70 heavy (non-hydrogen) atoms. The number of aromatic nitrogens is 4. The van der Waals surface area contributed by atoms with Crippen LogP contribution in [0.3, 0.4) is 0 Å². The van der Waals surface area contributed by atoms with Crippen LogP contribution in [0.15, 0.2) is 231 Å². The molecule has 0 saturated carbocycles. The zero-order valence-electron chi connectivity index (χ0n) is 37.7. The van der Waals surface area contributed by atoms with Crippen LogP contribution in [0.25, 0.3) is 153 Å². The number of nitrogens with zero attached hydrogens (tertiary/aromatic N) is 4. The van der Waals surface area contributed by atoms with Crippen LogP contribution >= 0.6 is 0 Å². The molecule has 0 saturated heterocycles. The van der Waals surface area contributed by atoms with E-state index in [4.69, 9.17) is 9.97 Å². The lowest BCUT2D eigenvalue weighted by atomic mass is 9.87. The van der Waals surface area contributed by atoms with Crippen molar-refractivity contribution in [2.24, 2.45) is 0 Å². The molecule has 0 amide bonds. The standard InChI is InChI=1S/C66H38N4/c1-2-16-43-36-44(35-32-39(43)14-1)40-30-33-42(34-31-40)65-48-19-5-8-26-55(48)67-66(68-65)70-58-28-10-7-21-50(58)64-52-25-13-23-47-46-22-12-24-51-61(46)53(54(62(47)52)38-60(64)70)37-59-63(51)49-20-6-9-27-57(49)69(59)56-29-11-17-41-15-3-4-18-45(41)56/h1-38H. The molecule has 0 bridgehead atoms. The van der Waals surface area contributed by atoms with Crippen LogP contribution in [-0.2, 0) is 0 Å². The summed E-state index contributed by atoms with van der Waals surface area (Å²) in [4.78, 5) is 11.0. The molecule has 4 heteroatoms. The Morgan fingerprint density at radius 2 is 0.757 bits per heavy atom. The molecule has 0 aliphatic rings. The summed E-state index contributed by atoms with van der Waals surface area (Å²) in [5.41, 5.74) is 10.9. The summed E-state index contributed by atoms with van der Waals surface area (Å²) in [5.74, 6) is 0.647. The summed E-state index contributed by atoms with van der Waals surface area (Å²) in [5, 5.41) is 20.9. The van der Waals surface area contributed by atoms with Crippen molar-refractivity contribution < 1.29 is 0 Å². The highest BCUT2D eigenvalue weighted by Gasteiger charge is 2.25. The van der Waals surface area contributed by atoms with E-state index in [1.54, 1.807) is 0 Å². The lowest BCUT2D eigenvalue weighted by Gasteiger charge is -2.17. The predicted octanol–water partition coefficient (Wildman–Crippen LogP) is 17.5. The van der Waals surface area contributed by atoms with Crippen LogP contribution in [0.5, 0.6) is 0 Å². The van der Waals surface area contributed by atoms with Crippen LogP contribution < -0.4 is 0 Å². The summed E-state index contributed by atoms with van der Waals surface area (Å²) in [6.45, 7) is 0. The quantitative estimate of drug-likeness (QED) is 0.130. The maximum absolute atomic E-state index is 5.58. The third kappa shape index (κ3) is 5.14. The molecule has 3 aromatic heterocycles. The van der Waals surface area contributed by atoms with E-state index >= 15 is 0 Å². The van der Waals surface area contributed by atoms with E-state index in [0.29, 0.717) is 5.95 Å². The molecule has 0 radical (unpaired) electrons. The van der Waals surface area contributed by atoms with Crippen molar-refractivity contribution in [3.05, 3.63) is 231 Å². The Balaban J connectivity index is 0.997. The van der Waals surface area contributed by atoms with E-state index < -0.39 is 0 Å². The van der Waals surface area contributed by atoms with E-state index in [1.807, 2.05) is 0 Å². The van der Waals surface area contributed by atoms with Gasteiger partial charge < -0.3 is 4.57 Å². The second-order valence-corrected chi connectivity index (χ2v) is 18.8. The normalized spacial score (nSPS) is 12.3. The van der Waals surface area contributed by atoms with Crippen molar-refractivity contribution in [1.82, 2.24) is 19.1 Å². The average Bonchev–Trinajstić information content (AvgIpc) is 3.94. The van der Waals surface area contributed by atoms with Crippen molar-refractivity contribution >= 4 is 119 Å². The molecule has 3 heterocycles. The zero-order chi connectivity index (χ0) is 45.6. The second kappa shape index (κ2) is 14.1. The number of rotatable bonds is 4. The minimum atomic E-state index is 0.647. The summed E-state index contributed by atoms with van der Waals surface area (Å²) >= 11 is 0. The van der Waals surface area contributed by atoms with Gasteiger partial charge in [0.1, 0.15) is 0 Å². The smallest absolute Gasteiger partial charge is 0.235 e. The van der Waals surface area contributed by atoms with Gasteiger partial charge in [-0.05, 0) is 113 Å². The van der Waals surface area contributed by atoms with Gasteiger partial charge in [0.15, 0.2) is 0 Å². The molecule has 13 aromatic carbocycles. The molecule has 4 nitrogen and oxygen atoms in total. The lowest BCUT2D eigenvalue weighted by molar-refractivity contribution is 1.01. The van der Waals surface area contributed by atoms with Gasteiger partial charge in [-0.2, -0.15) is 0 Å². The third-order valence-corrected chi connectivity index (χ3v) is 15.2. The second-order valence-electron chi connectivity index (χ2n) is 18.8. The predicted molar refractivity (Wildman–Crippen MR) is 295 cm³/mol. The first kappa shape index (κ1) is 37.7. The van der Waals surface area contributed by atoms with E-state index in [-0.39, 0.29) is 0 Å². The SMILES string of the molecule is c1ccc2cc(-c3ccc(-c4nc(-n5c6ccccc6c6c7cccc8c9cccc%10c9c(cc9c%10c%10ccccc%10n9-c9cccc%10ccccc9%10)c(cc65)c87)nc5ccccc45)cc3)ccc2c1. The van der Waals surface area contributed by atoms with Gasteiger partial charge in [-0.15, -0.1) is 0 Å². The van der Waals surface area contributed by atoms with Crippen LogP contribution in [0, 0.1) is 0 Å². The Morgan fingerprint density at radius 3 is 1.47 bits per heavy atom. The summed E-state index contributed by atoms with van der Waals surface area (Å²) in [6.07, 6.45) is 0. The summed E-state index contributed by atoms with van der Waals surface area (Å²) in [6, 6.07) is 84.4. The molecule has 0 aliphatic carbocycles. The summed E-state index contributed by atoms with van der Waals surface area (Å²) < 4.78 is 4.82. The van der Waals surface area contributed by atoms with Gasteiger partial charge in [0.05, 0.1) is 39.0 Å². The number of para-hydroxylation sites is 3. The van der Waals surface area contributed by atoms with E-state index in [0.717, 1.165) is 33.2 Å². The highest BCUT2D eigenvalue weighted by Crippen LogP contribution is 2.49. The molecule has 16 aromatic rings. The van der Waals surface area contributed by atoms with Crippen molar-refractivity contribution in [2.75, 3.05) is 0 Å². The van der Waals surface area contributed by atoms with Crippen molar-refractivity contribution in [3.63, 3.8) is 0 Å². The van der Waals surface area contributed by atoms with Gasteiger partial charge in [0.25, 0.3) is 0 Å². The van der Waals surface area contributed by atoms with Gasteiger partial charge in [-0.25, -0.2) is 9.97 Å². The topological polar surface area (TPSA) is 35.6 Å². The molecule has 0 fully saturated rings. The first-order chi connectivity index (χ1) is 34.7. The Labute approximate surface area is 400 Å². The Bertz CT molecular complexity index is 4880. The van der Waals surface area contributed by atoms with Crippen molar-refractivity contribution in [1.29, 1.82) is 0 Å². The molecule has 0 atom stereocenters. The first-order valence-electron chi connectivity index (χ1n) is 24.1. The molecular formula is C66H38N4. The minimum Gasteiger partial charge on any atom is -0.309 e. The van der Waals surface area contributed by atoms with Crippen LogP contribution in [0.2, 0.25) is 0 Å². The number of benzene rings is 13. The Morgan fingerprint density at radius 1 is 0.257 bits per heavy atom. The van der Waals surface area contributed by atoms with Crippen LogP contribution in [-0.4, -0.2) is 19.1 Å². The Kier molecular flexibility index (Phi) is 7.58. The van der Waals surface area contributed by atoms with Crippen molar-refractivity contribution in [2.45, 2.75) is 0 Å². The van der Waals surface area contributed by atoms with Gasteiger partial charge in [-0.3, -0.25) is 4.57 Å². The molecule has 0 aliphatic heterocycles. The molecule has 0 unspecified atom stereocenters. The maximum Gasteiger partial charge on any atom is 0.235 e. The number of hydrogen-bond acceptors (Lipinski definition) is 2. The monoisotopic (exact) mass is 886 g/mol. The average molecular weight is 887 g/mol. The number of fused-ring (bicyclic) bond motifs is 13. The van der Waals surface area contributed by atoms with Crippen molar-refractivity contribution in [3.8, 4) is 34.0 Å². The zero-order valence-corrected chi connectivity index (χ0v) is 37.7. The number of hydrogen-bond donors (Lipinski definition) is 0. The molecule has 0 N–H and O–H groups in total. The van der Waals surface area contributed by atoms with Crippen LogP contribution in [0.1, 0.15) is 0 Å². The first-order valence-corrected chi connectivity index (χ1v) is 24.1. The molecule has 16 rings (SSSR count). The van der Waals surface area contributed by atoms with Gasteiger partial charge in [0, 0.05) is 37.9 Å². The maximum atomic E-state index is 5.58. The third-order valence-electron chi connectivity index (χ3n) is 15.2. The van der Waals surface area contributed by atoms with E-state index in [9.17, 15) is 0 Å². The van der Waals surface area contributed by atoms with Gasteiger partial charge in [-0.1, -0.05) is 188 Å². The van der Waals surface area contributed by atoms with Gasteiger partial charge in [0.2, 0.25) is 5.95 Å². The summed E-state index contributed by atoms with van der Waals surface area (Å²) in [7, 11) is 0. The van der Waals surface area contributed by atoms with Gasteiger partial charge >= 0.3 is 0 Å². The molecule has 322 valence electrons. The largest absolute Gasteiger partial charge is 0.309 e. The van der Waals surface area contributed by atoms with E-state index in [1.165, 1.54) is 114 Å². The minimum absolute atomic E-state index is 0.647. The fraction of sp³-hybridized carbons (Fsp3) is 0. The highest BCUT2D eigenvalue weighted by atomic mass is 15.2. The molecule has 0 spiro atoms. The Hall–Kier alpha value is -9.38. The highest BCUT2D eigenvalue weighted by molar-refractivity contribution is 6.41. The molecular weight excluding hydrogens is 849 g/mol.